The van der Waals surface area contributed by atoms with E-state index in [0.29, 0.717) is 25.2 Å². The smallest absolute Gasteiger partial charge is 0.160 e. The molecule has 1 N–H and O–H groups in total. The van der Waals surface area contributed by atoms with Gasteiger partial charge in [-0.15, -0.1) is 0 Å². The lowest BCUT2D eigenvalue weighted by atomic mass is 9.88. The first kappa shape index (κ1) is 22.4. The monoisotopic (exact) mass is 408 g/mol. The van der Waals surface area contributed by atoms with Crippen molar-refractivity contribution in [2.45, 2.75) is 89.6 Å². The molecule has 3 heterocycles. The minimum atomic E-state index is -0.593. The first-order chi connectivity index (χ1) is 13.7. The number of aromatic nitrogens is 1. The van der Waals surface area contributed by atoms with E-state index in [1.165, 1.54) is 0 Å². The van der Waals surface area contributed by atoms with Gasteiger partial charge < -0.3 is 19.1 Å². The molecule has 1 atom stereocenters. The second-order valence-electron chi connectivity index (χ2n) is 9.55. The van der Waals surface area contributed by atoms with Gasteiger partial charge in [-0.05, 0) is 46.0 Å². The molecule has 3 rings (SSSR count). The Kier molecular flexibility index (Phi) is 7.14. The molecular weight excluding hydrogens is 372 g/mol. The maximum atomic E-state index is 13.0. The number of nitrogens with zero attached hydrogens (tertiary/aromatic N) is 2. The van der Waals surface area contributed by atoms with Crippen LogP contribution in [0.2, 0.25) is 0 Å². The lowest BCUT2D eigenvalue weighted by Crippen LogP contribution is -2.54. The van der Waals surface area contributed by atoms with Crippen molar-refractivity contribution < 1.29 is 23.9 Å². The van der Waals surface area contributed by atoms with Crippen LogP contribution in [0.1, 0.15) is 71.3 Å². The molecule has 1 unspecified atom stereocenters. The Hall–Kier alpha value is -1.28. The van der Waals surface area contributed by atoms with Crippen molar-refractivity contribution in [3.05, 3.63) is 17.5 Å². The highest BCUT2D eigenvalue weighted by Crippen LogP contribution is 2.27. The first-order valence-corrected chi connectivity index (χ1v) is 10.8. The third kappa shape index (κ3) is 5.66. The molecule has 0 spiro atoms. The van der Waals surface area contributed by atoms with Gasteiger partial charge in [-0.25, -0.2) is 0 Å². The molecule has 0 amide bonds. The summed E-state index contributed by atoms with van der Waals surface area (Å²) >= 11 is 0. The molecule has 2 aliphatic rings. The summed E-state index contributed by atoms with van der Waals surface area (Å²) < 4.78 is 17.1. The second-order valence-corrected chi connectivity index (χ2v) is 9.55. The Morgan fingerprint density at radius 3 is 2.62 bits per heavy atom. The van der Waals surface area contributed by atoms with Gasteiger partial charge in [0.15, 0.2) is 12.1 Å². The highest BCUT2D eigenvalue weighted by molar-refractivity contribution is 5.89. The SMILES string of the molecule is CC(C)(COC1CCCCO1)c1cc(CC(=O)C(C)(C)N2CCC(O)CC2)on1. The zero-order valence-electron chi connectivity index (χ0n) is 18.3. The summed E-state index contributed by atoms with van der Waals surface area (Å²) in [5.41, 5.74) is -0.135. The highest BCUT2D eigenvalue weighted by Gasteiger charge is 2.37. The maximum absolute atomic E-state index is 13.0. The quantitative estimate of drug-likeness (QED) is 0.708. The Bertz CT molecular complexity index is 670. The Balaban J connectivity index is 1.56. The fourth-order valence-electron chi connectivity index (χ4n) is 3.91. The Morgan fingerprint density at radius 1 is 1.24 bits per heavy atom. The summed E-state index contributed by atoms with van der Waals surface area (Å²) in [5, 5.41) is 13.9. The molecule has 0 aromatic carbocycles. The van der Waals surface area contributed by atoms with E-state index in [1.54, 1.807) is 0 Å². The molecule has 1 aromatic heterocycles. The van der Waals surface area contributed by atoms with Crippen LogP contribution in [-0.2, 0) is 26.1 Å². The number of Topliss-reactive ketones (excluding diaryl/α,β-unsaturated/α-hetero) is 1. The molecule has 164 valence electrons. The van der Waals surface area contributed by atoms with E-state index in [9.17, 15) is 9.90 Å². The first-order valence-electron chi connectivity index (χ1n) is 10.8. The fraction of sp³-hybridized carbons (Fsp3) is 0.818. The lowest BCUT2D eigenvalue weighted by molar-refractivity contribution is -0.170. The molecule has 0 saturated carbocycles. The summed E-state index contributed by atoms with van der Waals surface area (Å²) in [6.45, 7) is 10.7. The van der Waals surface area contributed by atoms with Gasteiger partial charge in [-0.2, -0.15) is 0 Å². The van der Waals surface area contributed by atoms with Gasteiger partial charge in [0, 0.05) is 31.2 Å². The molecule has 0 bridgehead atoms. The molecule has 7 heteroatoms. The van der Waals surface area contributed by atoms with E-state index in [4.69, 9.17) is 14.0 Å². The minimum absolute atomic E-state index is 0.0984. The van der Waals surface area contributed by atoms with Crippen LogP contribution < -0.4 is 0 Å². The molecule has 2 saturated heterocycles. The topological polar surface area (TPSA) is 85.0 Å². The highest BCUT2D eigenvalue weighted by atomic mass is 16.7. The van der Waals surface area contributed by atoms with Crippen LogP contribution in [0, 0.1) is 0 Å². The van der Waals surface area contributed by atoms with Crippen LogP contribution in [0.3, 0.4) is 0 Å². The number of ketones is 1. The van der Waals surface area contributed by atoms with Crippen LogP contribution in [0.4, 0.5) is 0 Å². The van der Waals surface area contributed by atoms with Crippen LogP contribution in [0.15, 0.2) is 10.6 Å². The summed E-state index contributed by atoms with van der Waals surface area (Å²) in [7, 11) is 0. The van der Waals surface area contributed by atoms with Crippen LogP contribution in [0.5, 0.6) is 0 Å². The molecular formula is C22H36N2O5. The number of carbonyl (C=O) groups is 1. The minimum Gasteiger partial charge on any atom is -0.393 e. The third-order valence-electron chi connectivity index (χ3n) is 6.29. The number of aliphatic hydroxyl groups is 1. The van der Waals surface area contributed by atoms with E-state index in [1.807, 2.05) is 19.9 Å². The Morgan fingerprint density at radius 2 is 1.97 bits per heavy atom. The maximum Gasteiger partial charge on any atom is 0.160 e. The molecule has 0 aliphatic carbocycles. The average molecular weight is 409 g/mol. The number of piperidine rings is 1. The normalized spacial score (nSPS) is 22.7. The number of ether oxygens (including phenoxy) is 2. The predicted octanol–water partition coefficient (Wildman–Crippen LogP) is 2.84. The molecule has 0 radical (unpaired) electrons. The molecule has 1 aromatic rings. The summed E-state index contributed by atoms with van der Waals surface area (Å²) in [4.78, 5) is 15.1. The van der Waals surface area contributed by atoms with E-state index in [0.717, 1.165) is 44.7 Å². The molecule has 7 nitrogen and oxygen atoms in total. The largest absolute Gasteiger partial charge is 0.393 e. The van der Waals surface area contributed by atoms with E-state index in [2.05, 4.69) is 23.9 Å². The number of likely N-dealkylation sites (tertiary alicyclic amines) is 1. The van der Waals surface area contributed by atoms with Gasteiger partial charge in [0.1, 0.15) is 5.76 Å². The van der Waals surface area contributed by atoms with Crippen molar-refractivity contribution in [1.82, 2.24) is 10.1 Å². The summed E-state index contributed by atoms with van der Waals surface area (Å²) in [6.07, 6.45) is 4.39. The van der Waals surface area contributed by atoms with Gasteiger partial charge in [0.05, 0.1) is 30.4 Å². The fourth-order valence-corrected chi connectivity index (χ4v) is 3.91. The van der Waals surface area contributed by atoms with Gasteiger partial charge in [0.2, 0.25) is 0 Å². The van der Waals surface area contributed by atoms with Crippen molar-refractivity contribution in [2.24, 2.45) is 0 Å². The molecule has 2 aliphatic heterocycles. The van der Waals surface area contributed by atoms with Gasteiger partial charge >= 0.3 is 0 Å². The van der Waals surface area contributed by atoms with Gasteiger partial charge in [-0.3, -0.25) is 9.69 Å². The zero-order valence-corrected chi connectivity index (χ0v) is 18.3. The van der Waals surface area contributed by atoms with E-state index in [-0.39, 0.29) is 30.0 Å². The number of aliphatic hydroxyl groups excluding tert-OH is 1. The van der Waals surface area contributed by atoms with Crippen LogP contribution in [-0.4, -0.2) is 65.2 Å². The molecule has 29 heavy (non-hydrogen) atoms. The Labute approximate surface area is 173 Å². The van der Waals surface area contributed by atoms with Gasteiger partial charge in [-0.1, -0.05) is 19.0 Å². The van der Waals surface area contributed by atoms with Gasteiger partial charge in [0.25, 0.3) is 0 Å². The number of hydrogen-bond donors (Lipinski definition) is 1. The average Bonchev–Trinajstić information content (AvgIpc) is 3.17. The zero-order chi connectivity index (χ0) is 21.1. The standard InChI is InChI=1S/C22H36N2O5/c1-21(2,15-28-20-7-5-6-12-27-20)18-13-17(29-23-18)14-19(26)22(3,4)24-10-8-16(25)9-11-24/h13,16,20,25H,5-12,14-15H2,1-4H3. The van der Waals surface area contributed by atoms with E-state index < -0.39 is 5.54 Å². The van der Waals surface area contributed by atoms with Crippen molar-refractivity contribution in [3.63, 3.8) is 0 Å². The van der Waals surface area contributed by atoms with Crippen molar-refractivity contribution in [3.8, 4) is 0 Å². The number of rotatable bonds is 8. The lowest BCUT2D eigenvalue weighted by Gasteiger charge is -2.40. The number of hydrogen-bond acceptors (Lipinski definition) is 7. The summed E-state index contributed by atoms with van der Waals surface area (Å²) in [6, 6.07) is 1.87. The number of carbonyl (C=O) groups excluding carboxylic acids is 1. The van der Waals surface area contributed by atoms with Crippen molar-refractivity contribution in [2.75, 3.05) is 26.3 Å². The summed E-state index contributed by atoms with van der Waals surface area (Å²) in [5.74, 6) is 0.679. The van der Waals surface area contributed by atoms with Crippen molar-refractivity contribution >= 4 is 5.78 Å². The van der Waals surface area contributed by atoms with Crippen LogP contribution >= 0.6 is 0 Å². The van der Waals surface area contributed by atoms with E-state index >= 15 is 0 Å². The van der Waals surface area contributed by atoms with Crippen molar-refractivity contribution in [1.29, 1.82) is 0 Å². The second kappa shape index (κ2) is 9.25. The molecule has 2 fully saturated rings. The van der Waals surface area contributed by atoms with Crippen LogP contribution in [0.25, 0.3) is 0 Å². The third-order valence-corrected chi connectivity index (χ3v) is 6.29. The predicted molar refractivity (Wildman–Crippen MR) is 109 cm³/mol.